The molecule has 0 heterocycles. The van der Waals surface area contributed by atoms with Crippen molar-refractivity contribution in [2.45, 2.75) is 13.5 Å². The van der Waals surface area contributed by atoms with Crippen molar-refractivity contribution < 1.29 is 10.2 Å². The first-order valence-electron chi connectivity index (χ1n) is 5.48. The molecule has 0 fully saturated rings. The van der Waals surface area contributed by atoms with Crippen molar-refractivity contribution in [2.24, 2.45) is 0 Å². The summed E-state index contributed by atoms with van der Waals surface area (Å²) >= 11 is 0. The van der Waals surface area contributed by atoms with Crippen LogP contribution in [0.2, 0.25) is 0 Å². The minimum absolute atomic E-state index is 0.0615. The molecule has 0 aliphatic rings. The predicted molar refractivity (Wildman–Crippen MR) is 68.3 cm³/mol. The monoisotopic (exact) mass is 229 g/mol. The fourth-order valence-corrected chi connectivity index (χ4v) is 1.68. The highest BCUT2D eigenvalue weighted by Gasteiger charge is 2.05. The van der Waals surface area contributed by atoms with Crippen LogP contribution in [0.15, 0.2) is 42.5 Å². The smallest absolute Gasteiger partial charge is 0.162 e. The highest BCUT2D eigenvalue weighted by atomic mass is 16.3. The van der Waals surface area contributed by atoms with Crippen LogP contribution in [-0.4, -0.2) is 10.2 Å². The maximum Gasteiger partial charge on any atom is 0.162 e. The molecule has 0 aromatic heterocycles. The Kier molecular flexibility index (Phi) is 3.19. The largest absolute Gasteiger partial charge is 0.504 e. The molecule has 0 atom stereocenters. The lowest BCUT2D eigenvalue weighted by molar-refractivity contribution is 0.400. The molecular weight excluding hydrogens is 214 g/mol. The van der Waals surface area contributed by atoms with Crippen LogP contribution in [-0.2, 0) is 6.54 Å². The Hall–Kier alpha value is -2.16. The maximum absolute atomic E-state index is 9.65. The number of anilines is 1. The first-order chi connectivity index (χ1) is 8.18. The highest BCUT2D eigenvalue weighted by Crippen LogP contribution is 2.28. The summed E-state index contributed by atoms with van der Waals surface area (Å²) in [5, 5.41) is 22.3. The minimum Gasteiger partial charge on any atom is -0.504 e. The molecule has 0 amide bonds. The standard InChI is InChI=1S/C14H15NO2/c1-10-5-2-3-7-12(10)15-9-11-6-4-8-13(16)14(11)17/h2-8,15-17H,9H2,1H3. The summed E-state index contributed by atoms with van der Waals surface area (Å²) in [5.41, 5.74) is 2.84. The van der Waals surface area contributed by atoms with E-state index in [-0.39, 0.29) is 11.5 Å². The van der Waals surface area contributed by atoms with Gasteiger partial charge in [-0.3, -0.25) is 0 Å². The van der Waals surface area contributed by atoms with Crippen LogP contribution in [0.5, 0.6) is 11.5 Å². The van der Waals surface area contributed by atoms with Gasteiger partial charge in [0, 0.05) is 17.8 Å². The Morgan fingerprint density at radius 3 is 2.53 bits per heavy atom. The summed E-state index contributed by atoms with van der Waals surface area (Å²) in [4.78, 5) is 0. The van der Waals surface area contributed by atoms with Gasteiger partial charge in [-0.25, -0.2) is 0 Å². The third-order valence-electron chi connectivity index (χ3n) is 2.71. The Morgan fingerprint density at radius 1 is 1.00 bits per heavy atom. The number of hydrogen-bond acceptors (Lipinski definition) is 3. The van der Waals surface area contributed by atoms with E-state index in [1.165, 1.54) is 6.07 Å². The Bertz CT molecular complexity index is 523. The number of phenolic OH excluding ortho intramolecular Hbond substituents is 2. The van der Waals surface area contributed by atoms with Crippen LogP contribution in [0.3, 0.4) is 0 Å². The zero-order chi connectivity index (χ0) is 12.3. The first kappa shape index (κ1) is 11.3. The fourth-order valence-electron chi connectivity index (χ4n) is 1.68. The number of benzene rings is 2. The second-order valence-corrected chi connectivity index (χ2v) is 3.95. The zero-order valence-corrected chi connectivity index (χ0v) is 9.64. The van der Waals surface area contributed by atoms with Crippen LogP contribution in [0.4, 0.5) is 5.69 Å². The first-order valence-corrected chi connectivity index (χ1v) is 5.48. The van der Waals surface area contributed by atoms with E-state index >= 15 is 0 Å². The molecule has 88 valence electrons. The molecule has 0 spiro atoms. The quantitative estimate of drug-likeness (QED) is 0.709. The van der Waals surface area contributed by atoms with Gasteiger partial charge in [-0.1, -0.05) is 30.3 Å². The van der Waals surface area contributed by atoms with Gasteiger partial charge < -0.3 is 15.5 Å². The lowest BCUT2D eigenvalue weighted by atomic mass is 10.1. The summed E-state index contributed by atoms with van der Waals surface area (Å²) < 4.78 is 0. The van der Waals surface area contributed by atoms with E-state index in [9.17, 15) is 10.2 Å². The van der Waals surface area contributed by atoms with Gasteiger partial charge in [0.15, 0.2) is 11.5 Å². The van der Waals surface area contributed by atoms with Gasteiger partial charge >= 0.3 is 0 Å². The lowest BCUT2D eigenvalue weighted by Crippen LogP contribution is -2.01. The molecule has 17 heavy (non-hydrogen) atoms. The van der Waals surface area contributed by atoms with E-state index in [1.54, 1.807) is 12.1 Å². The van der Waals surface area contributed by atoms with Crippen molar-refractivity contribution in [1.82, 2.24) is 0 Å². The van der Waals surface area contributed by atoms with Gasteiger partial charge in [0.1, 0.15) is 0 Å². The average molecular weight is 229 g/mol. The summed E-state index contributed by atoms with van der Waals surface area (Å²) in [5.74, 6) is -0.150. The predicted octanol–water partition coefficient (Wildman–Crippen LogP) is 3.02. The van der Waals surface area contributed by atoms with Gasteiger partial charge in [0.25, 0.3) is 0 Å². The maximum atomic E-state index is 9.65. The van der Waals surface area contributed by atoms with Gasteiger partial charge in [0.2, 0.25) is 0 Å². The summed E-state index contributed by atoms with van der Waals surface area (Å²) in [6, 6.07) is 12.9. The van der Waals surface area contributed by atoms with E-state index in [4.69, 9.17) is 0 Å². The fraction of sp³-hybridized carbons (Fsp3) is 0.143. The van der Waals surface area contributed by atoms with E-state index < -0.39 is 0 Å². The van der Waals surface area contributed by atoms with Gasteiger partial charge in [0.05, 0.1) is 0 Å². The molecule has 0 aliphatic carbocycles. The van der Waals surface area contributed by atoms with Gasteiger partial charge in [-0.05, 0) is 24.6 Å². The van der Waals surface area contributed by atoms with E-state index in [0.29, 0.717) is 12.1 Å². The number of phenols is 2. The lowest BCUT2D eigenvalue weighted by Gasteiger charge is -2.10. The third-order valence-corrected chi connectivity index (χ3v) is 2.71. The molecule has 3 nitrogen and oxygen atoms in total. The summed E-state index contributed by atoms with van der Waals surface area (Å²) in [6.07, 6.45) is 0. The van der Waals surface area contributed by atoms with E-state index in [2.05, 4.69) is 5.32 Å². The normalized spacial score (nSPS) is 10.2. The van der Waals surface area contributed by atoms with Gasteiger partial charge in [-0.2, -0.15) is 0 Å². The minimum atomic E-state index is -0.0888. The molecule has 0 saturated carbocycles. The number of nitrogens with one attached hydrogen (secondary N) is 1. The van der Waals surface area contributed by atoms with E-state index in [0.717, 1.165) is 11.3 Å². The summed E-state index contributed by atoms with van der Waals surface area (Å²) in [6.45, 7) is 2.50. The average Bonchev–Trinajstić information content (AvgIpc) is 2.33. The van der Waals surface area contributed by atoms with Crippen molar-refractivity contribution in [1.29, 1.82) is 0 Å². The van der Waals surface area contributed by atoms with Crippen LogP contribution >= 0.6 is 0 Å². The number of para-hydroxylation sites is 2. The van der Waals surface area contributed by atoms with Crippen LogP contribution < -0.4 is 5.32 Å². The molecule has 2 aromatic carbocycles. The second-order valence-electron chi connectivity index (χ2n) is 3.95. The molecule has 0 aliphatic heterocycles. The molecule has 0 saturated heterocycles. The van der Waals surface area contributed by atoms with Crippen molar-refractivity contribution in [3.63, 3.8) is 0 Å². The number of aryl methyl sites for hydroxylation is 1. The molecule has 0 unspecified atom stereocenters. The third kappa shape index (κ3) is 2.50. The van der Waals surface area contributed by atoms with Crippen LogP contribution in [0.25, 0.3) is 0 Å². The molecule has 2 rings (SSSR count). The van der Waals surface area contributed by atoms with Gasteiger partial charge in [-0.15, -0.1) is 0 Å². The topological polar surface area (TPSA) is 52.5 Å². The Morgan fingerprint density at radius 2 is 1.76 bits per heavy atom. The zero-order valence-electron chi connectivity index (χ0n) is 9.64. The Balaban J connectivity index is 2.13. The second kappa shape index (κ2) is 4.78. The van der Waals surface area contributed by atoms with Crippen molar-refractivity contribution >= 4 is 5.69 Å². The number of rotatable bonds is 3. The molecule has 3 N–H and O–H groups in total. The Labute approximate surface area is 100 Å². The molecule has 3 heteroatoms. The molecule has 0 radical (unpaired) electrons. The van der Waals surface area contributed by atoms with Crippen LogP contribution in [0.1, 0.15) is 11.1 Å². The van der Waals surface area contributed by atoms with Crippen molar-refractivity contribution in [2.75, 3.05) is 5.32 Å². The van der Waals surface area contributed by atoms with Crippen LogP contribution in [0, 0.1) is 6.92 Å². The number of aromatic hydroxyl groups is 2. The molecule has 0 bridgehead atoms. The van der Waals surface area contributed by atoms with Crippen molar-refractivity contribution in [3.8, 4) is 11.5 Å². The number of hydrogen-bond donors (Lipinski definition) is 3. The molecule has 2 aromatic rings. The summed E-state index contributed by atoms with van der Waals surface area (Å²) in [7, 11) is 0. The van der Waals surface area contributed by atoms with Crippen molar-refractivity contribution in [3.05, 3.63) is 53.6 Å². The molecular formula is C14H15NO2. The van der Waals surface area contributed by atoms with E-state index in [1.807, 2.05) is 31.2 Å². The highest BCUT2D eigenvalue weighted by molar-refractivity contribution is 5.52. The SMILES string of the molecule is Cc1ccccc1NCc1cccc(O)c1O.